The summed E-state index contributed by atoms with van der Waals surface area (Å²) in [6.07, 6.45) is 2.20. The van der Waals surface area contributed by atoms with E-state index in [0.29, 0.717) is 0 Å². The van der Waals surface area contributed by atoms with Crippen LogP contribution in [0.15, 0.2) is 18.2 Å². The molecule has 0 amide bonds. The first-order valence-electron chi connectivity index (χ1n) is 4.52. The molecule has 2 heteroatoms. The maximum Gasteiger partial charge on any atom is 0.122 e. The topological polar surface area (TPSA) is 18.5 Å². The highest BCUT2D eigenvalue weighted by molar-refractivity contribution is 5.38. The average Bonchev–Trinajstić information content (AvgIpc) is 2.17. The first-order valence-corrected chi connectivity index (χ1v) is 4.52. The van der Waals surface area contributed by atoms with Gasteiger partial charge in [-0.05, 0) is 24.1 Å². The van der Waals surface area contributed by atoms with Crippen molar-refractivity contribution in [3.8, 4) is 11.5 Å². The van der Waals surface area contributed by atoms with Gasteiger partial charge in [0.2, 0.25) is 0 Å². The van der Waals surface area contributed by atoms with Crippen LogP contribution < -0.4 is 9.47 Å². The Kier molecular flexibility index (Phi) is 3.62. The van der Waals surface area contributed by atoms with Crippen LogP contribution in [-0.2, 0) is 6.42 Å². The molecule has 0 atom stereocenters. The summed E-state index contributed by atoms with van der Waals surface area (Å²) in [7, 11) is 3.34. The van der Waals surface area contributed by atoms with Gasteiger partial charge in [0.25, 0.3) is 0 Å². The molecule has 0 aliphatic rings. The van der Waals surface area contributed by atoms with Crippen LogP contribution in [0.3, 0.4) is 0 Å². The van der Waals surface area contributed by atoms with Gasteiger partial charge in [-0.3, -0.25) is 0 Å². The highest BCUT2D eigenvalue weighted by atomic mass is 16.5. The molecule has 0 bridgehead atoms. The third-order valence-electron chi connectivity index (χ3n) is 1.95. The molecule has 0 fully saturated rings. The Labute approximate surface area is 79.5 Å². The molecule has 0 aliphatic heterocycles. The van der Waals surface area contributed by atoms with Crippen molar-refractivity contribution in [1.82, 2.24) is 0 Å². The molecule has 0 saturated carbocycles. The quantitative estimate of drug-likeness (QED) is 0.709. The second-order valence-corrected chi connectivity index (χ2v) is 2.97. The predicted molar refractivity (Wildman–Crippen MR) is 53.5 cm³/mol. The number of rotatable bonds is 4. The molecule has 1 rings (SSSR count). The van der Waals surface area contributed by atoms with Crippen molar-refractivity contribution >= 4 is 0 Å². The molecule has 0 aliphatic carbocycles. The van der Waals surface area contributed by atoms with Gasteiger partial charge in [-0.2, -0.15) is 0 Å². The summed E-state index contributed by atoms with van der Waals surface area (Å²) >= 11 is 0. The number of hydrogen-bond donors (Lipinski definition) is 0. The molecule has 0 spiro atoms. The lowest BCUT2D eigenvalue weighted by Crippen LogP contribution is -1.90. The largest absolute Gasteiger partial charge is 0.497 e. The maximum atomic E-state index is 5.16. The molecular weight excluding hydrogens is 164 g/mol. The van der Waals surface area contributed by atoms with E-state index in [0.717, 1.165) is 24.3 Å². The fourth-order valence-electron chi connectivity index (χ4n) is 1.30. The van der Waals surface area contributed by atoms with Crippen molar-refractivity contribution in [1.29, 1.82) is 0 Å². The number of hydrogen-bond acceptors (Lipinski definition) is 2. The lowest BCUT2D eigenvalue weighted by atomic mass is 10.1. The van der Waals surface area contributed by atoms with Crippen molar-refractivity contribution in [2.75, 3.05) is 14.2 Å². The predicted octanol–water partition coefficient (Wildman–Crippen LogP) is 2.66. The van der Waals surface area contributed by atoms with Crippen molar-refractivity contribution in [3.05, 3.63) is 23.8 Å². The van der Waals surface area contributed by atoms with Gasteiger partial charge < -0.3 is 9.47 Å². The zero-order valence-corrected chi connectivity index (χ0v) is 8.46. The lowest BCUT2D eigenvalue weighted by molar-refractivity contribution is 0.393. The van der Waals surface area contributed by atoms with E-state index in [9.17, 15) is 0 Å². The Morgan fingerprint density at radius 3 is 1.92 bits per heavy atom. The van der Waals surface area contributed by atoms with Crippen LogP contribution >= 0.6 is 0 Å². The second kappa shape index (κ2) is 4.75. The van der Waals surface area contributed by atoms with E-state index < -0.39 is 0 Å². The first kappa shape index (κ1) is 9.90. The van der Waals surface area contributed by atoms with Crippen LogP contribution in [0.1, 0.15) is 18.9 Å². The van der Waals surface area contributed by atoms with Gasteiger partial charge in [0.05, 0.1) is 14.2 Å². The van der Waals surface area contributed by atoms with Crippen molar-refractivity contribution < 1.29 is 9.47 Å². The fraction of sp³-hybridized carbons (Fsp3) is 0.455. The van der Waals surface area contributed by atoms with Crippen molar-refractivity contribution in [2.45, 2.75) is 19.8 Å². The van der Waals surface area contributed by atoms with Gasteiger partial charge >= 0.3 is 0 Å². The molecule has 2 nitrogen and oxygen atoms in total. The average molecular weight is 180 g/mol. The summed E-state index contributed by atoms with van der Waals surface area (Å²) in [5, 5.41) is 0. The Morgan fingerprint density at radius 1 is 1.00 bits per heavy atom. The monoisotopic (exact) mass is 180 g/mol. The molecule has 1 aromatic rings. The van der Waals surface area contributed by atoms with Gasteiger partial charge in [0, 0.05) is 6.07 Å². The van der Waals surface area contributed by atoms with E-state index in [-0.39, 0.29) is 0 Å². The maximum absolute atomic E-state index is 5.16. The van der Waals surface area contributed by atoms with Gasteiger partial charge in [0.1, 0.15) is 11.5 Å². The van der Waals surface area contributed by atoms with Crippen molar-refractivity contribution in [2.24, 2.45) is 0 Å². The van der Waals surface area contributed by atoms with Gasteiger partial charge in [0.15, 0.2) is 0 Å². The SMILES string of the molecule is CCCc1cc(OC)cc(OC)c1. The third kappa shape index (κ3) is 2.65. The molecular formula is C11H16O2. The zero-order chi connectivity index (χ0) is 9.68. The molecule has 0 unspecified atom stereocenters. The lowest BCUT2D eigenvalue weighted by Gasteiger charge is -2.07. The summed E-state index contributed by atoms with van der Waals surface area (Å²) in [6, 6.07) is 5.98. The molecule has 1 aromatic carbocycles. The second-order valence-electron chi connectivity index (χ2n) is 2.97. The van der Waals surface area contributed by atoms with Gasteiger partial charge in [-0.1, -0.05) is 13.3 Å². The number of benzene rings is 1. The van der Waals surface area contributed by atoms with E-state index in [1.165, 1.54) is 5.56 Å². The Balaban J connectivity index is 2.93. The molecule has 0 radical (unpaired) electrons. The normalized spacial score (nSPS) is 9.77. The van der Waals surface area contributed by atoms with Crippen LogP contribution in [0, 0.1) is 0 Å². The Morgan fingerprint density at radius 2 is 1.54 bits per heavy atom. The fourth-order valence-corrected chi connectivity index (χ4v) is 1.30. The third-order valence-corrected chi connectivity index (χ3v) is 1.95. The van der Waals surface area contributed by atoms with Crippen LogP contribution in [0.2, 0.25) is 0 Å². The van der Waals surface area contributed by atoms with E-state index >= 15 is 0 Å². The van der Waals surface area contributed by atoms with E-state index in [4.69, 9.17) is 9.47 Å². The molecule has 0 N–H and O–H groups in total. The Hall–Kier alpha value is -1.18. The minimum atomic E-state index is 0.864. The summed E-state index contributed by atoms with van der Waals surface area (Å²) in [4.78, 5) is 0. The number of ether oxygens (including phenoxy) is 2. The number of methoxy groups -OCH3 is 2. The molecule has 72 valence electrons. The minimum absolute atomic E-state index is 0.864. The minimum Gasteiger partial charge on any atom is -0.497 e. The zero-order valence-electron chi connectivity index (χ0n) is 8.46. The Bertz CT molecular complexity index is 247. The van der Waals surface area contributed by atoms with Gasteiger partial charge in [-0.15, -0.1) is 0 Å². The van der Waals surface area contributed by atoms with Crippen LogP contribution in [0.5, 0.6) is 11.5 Å². The molecule has 13 heavy (non-hydrogen) atoms. The van der Waals surface area contributed by atoms with Crippen LogP contribution in [0.4, 0.5) is 0 Å². The molecule has 0 heterocycles. The summed E-state index contributed by atoms with van der Waals surface area (Å²) in [6.45, 7) is 2.16. The summed E-state index contributed by atoms with van der Waals surface area (Å²) in [5.41, 5.74) is 1.26. The van der Waals surface area contributed by atoms with E-state index in [2.05, 4.69) is 6.92 Å². The van der Waals surface area contributed by atoms with Gasteiger partial charge in [-0.25, -0.2) is 0 Å². The van der Waals surface area contributed by atoms with Crippen molar-refractivity contribution in [3.63, 3.8) is 0 Å². The standard InChI is InChI=1S/C11H16O2/c1-4-5-9-6-10(12-2)8-11(7-9)13-3/h6-8H,4-5H2,1-3H3. The van der Waals surface area contributed by atoms with Crippen LogP contribution in [0.25, 0.3) is 0 Å². The molecule has 0 aromatic heterocycles. The smallest absolute Gasteiger partial charge is 0.122 e. The summed E-state index contributed by atoms with van der Waals surface area (Å²) < 4.78 is 10.3. The highest BCUT2D eigenvalue weighted by Gasteiger charge is 2.00. The first-order chi connectivity index (χ1) is 6.30. The number of aryl methyl sites for hydroxylation is 1. The van der Waals surface area contributed by atoms with Crippen LogP contribution in [-0.4, -0.2) is 14.2 Å². The highest BCUT2D eigenvalue weighted by Crippen LogP contribution is 2.22. The summed E-state index contributed by atoms with van der Waals surface area (Å²) in [5.74, 6) is 1.73. The van der Waals surface area contributed by atoms with E-state index in [1.54, 1.807) is 14.2 Å². The molecule has 0 saturated heterocycles. The van der Waals surface area contributed by atoms with E-state index in [1.807, 2.05) is 18.2 Å².